The maximum Gasteiger partial charge on any atom is 0.141 e. The lowest BCUT2D eigenvalue weighted by atomic mass is 9.83. The molecule has 1 aliphatic carbocycles. The molecular formula is C50H37N3. The first-order chi connectivity index (χ1) is 26.3. The minimum absolute atomic E-state index is 0.193. The van der Waals surface area contributed by atoms with Crippen molar-refractivity contribution in [3.63, 3.8) is 0 Å². The number of allylic oxidation sites excluding steroid dienone is 4. The molecule has 7 aromatic carbocycles. The third-order valence-electron chi connectivity index (χ3n) is 11.5. The van der Waals surface area contributed by atoms with Gasteiger partial charge < -0.3 is 4.57 Å². The Morgan fingerprint density at radius 3 is 1.96 bits per heavy atom. The molecule has 3 aliphatic rings. The molecule has 3 heterocycles. The van der Waals surface area contributed by atoms with E-state index in [2.05, 4.69) is 209 Å². The van der Waals surface area contributed by atoms with Crippen molar-refractivity contribution in [3.05, 3.63) is 222 Å². The number of hydrogen-bond acceptors (Lipinski definition) is 2. The van der Waals surface area contributed by atoms with E-state index in [1.807, 2.05) is 0 Å². The van der Waals surface area contributed by atoms with Gasteiger partial charge in [-0.3, -0.25) is 5.01 Å². The Balaban J connectivity index is 1.06. The molecule has 8 aromatic rings. The van der Waals surface area contributed by atoms with Crippen molar-refractivity contribution in [2.45, 2.75) is 24.5 Å². The fraction of sp³-hybridized carbons (Fsp3) is 0.0800. The quantitative estimate of drug-likeness (QED) is 0.162. The van der Waals surface area contributed by atoms with E-state index in [1.54, 1.807) is 0 Å². The van der Waals surface area contributed by atoms with Crippen LogP contribution in [0.1, 0.15) is 52.4 Å². The van der Waals surface area contributed by atoms with Gasteiger partial charge in [0.1, 0.15) is 6.17 Å². The molecule has 11 rings (SSSR count). The molecule has 0 N–H and O–H groups in total. The van der Waals surface area contributed by atoms with Crippen molar-refractivity contribution >= 4 is 49.5 Å². The second-order valence-electron chi connectivity index (χ2n) is 14.5. The number of benzene rings is 7. The van der Waals surface area contributed by atoms with Crippen molar-refractivity contribution in [2.75, 3.05) is 0 Å². The Labute approximate surface area is 309 Å². The number of fused-ring (bicyclic) bond motifs is 6. The summed E-state index contributed by atoms with van der Waals surface area (Å²) < 4.78 is 2.52. The second kappa shape index (κ2) is 12.1. The van der Waals surface area contributed by atoms with Crippen molar-refractivity contribution in [3.8, 4) is 0 Å². The summed E-state index contributed by atoms with van der Waals surface area (Å²) >= 11 is 0. The van der Waals surface area contributed by atoms with Crippen LogP contribution in [-0.4, -0.2) is 14.6 Å². The molecule has 1 saturated heterocycles. The van der Waals surface area contributed by atoms with Crippen LogP contribution in [0.3, 0.4) is 0 Å². The minimum atomic E-state index is 0.193. The molecule has 4 unspecified atom stereocenters. The first kappa shape index (κ1) is 30.2. The maximum absolute atomic E-state index is 2.52. The zero-order chi connectivity index (χ0) is 34.9. The van der Waals surface area contributed by atoms with Gasteiger partial charge in [-0.15, -0.1) is 0 Å². The molecule has 0 saturated carbocycles. The topological polar surface area (TPSA) is 10.9 Å². The van der Waals surface area contributed by atoms with Gasteiger partial charge in [-0.05, 0) is 69.5 Å². The average molecular weight is 680 g/mol. The van der Waals surface area contributed by atoms with Crippen molar-refractivity contribution in [1.29, 1.82) is 0 Å². The fourth-order valence-electron chi connectivity index (χ4n) is 9.00. The van der Waals surface area contributed by atoms with Crippen LogP contribution < -0.4 is 0 Å². The summed E-state index contributed by atoms with van der Waals surface area (Å²) in [5.74, 6) is 0.193. The maximum atomic E-state index is 2.52. The monoisotopic (exact) mass is 679 g/mol. The molecule has 53 heavy (non-hydrogen) atoms. The van der Waals surface area contributed by atoms with E-state index < -0.39 is 0 Å². The summed E-state index contributed by atoms with van der Waals surface area (Å²) in [6.07, 6.45) is 8.57. The number of nitrogens with zero attached hydrogens (tertiary/aromatic N) is 3. The van der Waals surface area contributed by atoms with Crippen LogP contribution in [0.5, 0.6) is 0 Å². The Kier molecular flexibility index (Phi) is 6.89. The molecule has 3 nitrogen and oxygen atoms in total. The SMILES string of the molecule is C1=C(c2ccccc2)CC(c2cccc(C3=CC(c4ccccc4)N4C(c5ccccc5)N34)c2)C=C1n1c2ccccc2c2ccc3ccccc3c21. The van der Waals surface area contributed by atoms with E-state index in [1.165, 1.54) is 77.4 Å². The molecule has 3 heteroatoms. The van der Waals surface area contributed by atoms with Crippen LogP contribution in [0, 0.1) is 0 Å². The molecule has 1 fully saturated rings. The lowest BCUT2D eigenvalue weighted by molar-refractivity contribution is 0.365. The largest absolute Gasteiger partial charge is 0.309 e. The summed E-state index contributed by atoms with van der Waals surface area (Å²) in [4.78, 5) is 0. The number of hydrogen-bond donors (Lipinski definition) is 0. The lowest BCUT2D eigenvalue weighted by Gasteiger charge is -2.25. The Bertz CT molecular complexity index is 2770. The Hall–Kier alpha value is -6.42. The highest BCUT2D eigenvalue weighted by molar-refractivity contribution is 6.19. The zero-order valence-corrected chi connectivity index (χ0v) is 29.3. The normalized spacial score (nSPS) is 20.7. The molecule has 0 spiro atoms. The van der Waals surface area contributed by atoms with Gasteiger partial charge >= 0.3 is 0 Å². The smallest absolute Gasteiger partial charge is 0.141 e. The zero-order valence-electron chi connectivity index (χ0n) is 29.3. The van der Waals surface area contributed by atoms with E-state index in [9.17, 15) is 0 Å². The molecule has 0 radical (unpaired) electrons. The lowest BCUT2D eigenvalue weighted by Crippen LogP contribution is -2.08. The standard InChI is InChI=1S/C50H37N3/c1-4-15-34(16-5-1)40-30-41(32-42(31-40)51-46-26-13-12-25-44(46)45-28-27-35-17-10-11-24-43(35)49(45)51)38-22-14-23-39(29-38)48-33-47(36-18-6-2-7-19-36)52-50(53(48)52)37-20-8-3-9-21-37/h1-29,31-33,41,47,50H,30H2. The van der Waals surface area contributed by atoms with Crippen molar-refractivity contribution in [1.82, 2.24) is 14.6 Å². The summed E-state index contributed by atoms with van der Waals surface area (Å²) in [7, 11) is 0. The van der Waals surface area contributed by atoms with E-state index in [-0.39, 0.29) is 18.1 Å². The highest BCUT2D eigenvalue weighted by Crippen LogP contribution is 2.58. The predicted molar refractivity (Wildman–Crippen MR) is 219 cm³/mol. The van der Waals surface area contributed by atoms with Crippen LogP contribution in [0.25, 0.3) is 49.5 Å². The van der Waals surface area contributed by atoms with Gasteiger partial charge in [0.15, 0.2) is 0 Å². The highest BCUT2D eigenvalue weighted by atomic mass is 15.9. The van der Waals surface area contributed by atoms with Crippen LogP contribution in [0.4, 0.5) is 0 Å². The van der Waals surface area contributed by atoms with Crippen LogP contribution in [0.2, 0.25) is 0 Å². The number of hydrazine groups is 1. The molecule has 4 atom stereocenters. The Morgan fingerprint density at radius 2 is 1.15 bits per heavy atom. The van der Waals surface area contributed by atoms with Gasteiger partial charge in [-0.1, -0.05) is 170 Å². The van der Waals surface area contributed by atoms with Gasteiger partial charge in [-0.25, -0.2) is 0 Å². The van der Waals surface area contributed by atoms with Crippen LogP contribution >= 0.6 is 0 Å². The van der Waals surface area contributed by atoms with Crippen molar-refractivity contribution < 1.29 is 0 Å². The molecule has 0 amide bonds. The van der Waals surface area contributed by atoms with E-state index in [4.69, 9.17) is 0 Å². The average Bonchev–Trinajstić information content (AvgIpc) is 3.68. The molecule has 2 aliphatic heterocycles. The van der Waals surface area contributed by atoms with Crippen LogP contribution in [0.15, 0.2) is 194 Å². The predicted octanol–water partition coefficient (Wildman–Crippen LogP) is 12.4. The number of aromatic nitrogens is 1. The Morgan fingerprint density at radius 1 is 0.491 bits per heavy atom. The van der Waals surface area contributed by atoms with Crippen LogP contribution in [-0.2, 0) is 0 Å². The molecular weight excluding hydrogens is 643 g/mol. The first-order valence-corrected chi connectivity index (χ1v) is 18.7. The van der Waals surface area contributed by atoms with E-state index in [0.717, 1.165) is 6.42 Å². The summed E-state index contributed by atoms with van der Waals surface area (Å²) in [5, 5.41) is 10.1. The van der Waals surface area contributed by atoms with E-state index >= 15 is 0 Å². The van der Waals surface area contributed by atoms with Gasteiger partial charge in [0.2, 0.25) is 0 Å². The van der Waals surface area contributed by atoms with Crippen molar-refractivity contribution in [2.24, 2.45) is 0 Å². The molecule has 0 bridgehead atoms. The number of para-hydroxylation sites is 1. The second-order valence-corrected chi connectivity index (χ2v) is 14.5. The van der Waals surface area contributed by atoms with Gasteiger partial charge in [-0.2, -0.15) is 5.01 Å². The molecule has 252 valence electrons. The first-order valence-electron chi connectivity index (χ1n) is 18.7. The third kappa shape index (κ3) is 4.92. The van der Waals surface area contributed by atoms with Gasteiger partial charge in [0, 0.05) is 27.8 Å². The van der Waals surface area contributed by atoms with Gasteiger partial charge in [0.05, 0.1) is 22.8 Å². The fourth-order valence-corrected chi connectivity index (χ4v) is 9.00. The summed E-state index contributed by atoms with van der Waals surface area (Å²) in [6.45, 7) is 0. The molecule has 1 aromatic heterocycles. The summed E-state index contributed by atoms with van der Waals surface area (Å²) in [6, 6.07) is 64.6. The third-order valence-corrected chi connectivity index (χ3v) is 11.5. The minimum Gasteiger partial charge on any atom is -0.309 e. The number of rotatable bonds is 6. The highest BCUT2D eigenvalue weighted by Gasteiger charge is 2.55. The summed E-state index contributed by atoms with van der Waals surface area (Å²) in [5.41, 5.74) is 12.9. The van der Waals surface area contributed by atoms with Gasteiger partial charge in [0.25, 0.3) is 0 Å². The van der Waals surface area contributed by atoms with E-state index in [0.29, 0.717) is 0 Å².